The second-order valence-corrected chi connectivity index (χ2v) is 5.98. The fourth-order valence-electron chi connectivity index (χ4n) is 2.23. The molecule has 6 nitrogen and oxygen atoms in total. The number of hydrogen-bond acceptors (Lipinski definition) is 6. The number of hydrogen-bond donors (Lipinski definition) is 0. The van der Waals surface area contributed by atoms with Crippen molar-refractivity contribution in [3.63, 3.8) is 0 Å². The second-order valence-electron chi connectivity index (χ2n) is 4.95. The number of aromatic nitrogens is 1. The van der Waals surface area contributed by atoms with E-state index in [4.69, 9.17) is 9.47 Å². The van der Waals surface area contributed by atoms with E-state index in [1.54, 1.807) is 39.2 Å². The highest BCUT2D eigenvalue weighted by Gasteiger charge is 2.16. The van der Waals surface area contributed by atoms with E-state index in [-0.39, 0.29) is 17.7 Å². The molecule has 0 N–H and O–H groups in total. The van der Waals surface area contributed by atoms with E-state index in [1.807, 2.05) is 18.2 Å². The summed E-state index contributed by atoms with van der Waals surface area (Å²) in [6.45, 7) is 3.97. The highest BCUT2D eigenvalue weighted by Crippen LogP contribution is 2.11. The number of thiazole rings is 1. The van der Waals surface area contributed by atoms with Crippen molar-refractivity contribution in [2.45, 2.75) is 20.4 Å². The molecule has 0 saturated heterocycles. The van der Waals surface area contributed by atoms with Crippen molar-refractivity contribution in [3.8, 4) is 11.8 Å². The molecule has 130 valence electrons. The molecule has 0 spiro atoms. The first-order valence-electron chi connectivity index (χ1n) is 7.72. The van der Waals surface area contributed by atoms with Gasteiger partial charge in [-0.2, -0.15) is 5.26 Å². The maximum atomic E-state index is 12.6. The molecule has 25 heavy (non-hydrogen) atoms. The summed E-state index contributed by atoms with van der Waals surface area (Å²) < 4.78 is 12.2. The van der Waals surface area contributed by atoms with Gasteiger partial charge in [-0.15, -0.1) is 11.3 Å². The molecule has 1 heterocycles. The van der Waals surface area contributed by atoms with Gasteiger partial charge in [-0.1, -0.05) is 12.1 Å². The maximum absolute atomic E-state index is 12.6. The fourth-order valence-corrected chi connectivity index (χ4v) is 3.38. The highest BCUT2D eigenvalue weighted by molar-refractivity contribution is 7.07. The van der Waals surface area contributed by atoms with E-state index < -0.39 is 5.97 Å². The van der Waals surface area contributed by atoms with Gasteiger partial charge in [-0.25, -0.2) is 4.79 Å². The number of nitriles is 1. The third-order valence-corrected chi connectivity index (χ3v) is 4.57. The summed E-state index contributed by atoms with van der Waals surface area (Å²) in [5.74, 6) is 0.00171. The summed E-state index contributed by atoms with van der Waals surface area (Å²) in [4.78, 5) is 24.6. The number of carbonyl (C=O) groups is 1. The Hall–Kier alpha value is -2.85. The summed E-state index contributed by atoms with van der Waals surface area (Å²) in [6, 6.07) is 9.11. The third-order valence-electron chi connectivity index (χ3n) is 3.44. The molecule has 1 aromatic heterocycles. The first-order valence-corrected chi connectivity index (χ1v) is 8.54. The third kappa shape index (κ3) is 3.98. The maximum Gasteiger partial charge on any atom is 0.351 e. The van der Waals surface area contributed by atoms with Crippen LogP contribution in [-0.2, 0) is 16.1 Å². The van der Waals surface area contributed by atoms with Crippen LogP contribution in [0.3, 0.4) is 0 Å². The molecule has 0 bridgehead atoms. The molecule has 7 heteroatoms. The van der Waals surface area contributed by atoms with Gasteiger partial charge in [0.15, 0.2) is 5.57 Å². The van der Waals surface area contributed by atoms with Crippen LogP contribution < -0.4 is 19.5 Å². The molecular weight excluding hydrogens is 340 g/mol. The molecule has 0 fully saturated rings. The Morgan fingerprint density at radius 2 is 2.00 bits per heavy atom. The van der Waals surface area contributed by atoms with E-state index >= 15 is 0 Å². The predicted octanol–water partition coefficient (Wildman–Crippen LogP) is 1.00. The average Bonchev–Trinajstić information content (AvgIpc) is 2.92. The minimum absolute atomic E-state index is 0.153. The largest absolute Gasteiger partial charge is 0.497 e. The zero-order chi connectivity index (χ0) is 18.4. The van der Waals surface area contributed by atoms with Crippen LogP contribution in [0.15, 0.2) is 29.1 Å². The van der Waals surface area contributed by atoms with Gasteiger partial charge in [0.05, 0.1) is 18.2 Å². The van der Waals surface area contributed by atoms with Crippen molar-refractivity contribution >= 4 is 29.0 Å². The monoisotopic (exact) mass is 358 g/mol. The molecule has 2 aromatic rings. The van der Waals surface area contributed by atoms with Crippen LogP contribution in [0.1, 0.15) is 19.4 Å². The normalized spacial score (nSPS) is 12.5. The summed E-state index contributed by atoms with van der Waals surface area (Å²) in [6.07, 6.45) is 1.72. The number of ether oxygens (including phenoxy) is 2. The first-order chi connectivity index (χ1) is 12.0. The molecule has 0 radical (unpaired) electrons. The zero-order valence-corrected chi connectivity index (χ0v) is 15.1. The van der Waals surface area contributed by atoms with Crippen LogP contribution in [0.4, 0.5) is 0 Å². The average molecular weight is 358 g/mol. The molecule has 0 aliphatic rings. The quantitative estimate of drug-likeness (QED) is 0.745. The van der Waals surface area contributed by atoms with Crippen molar-refractivity contribution in [1.82, 2.24) is 4.57 Å². The van der Waals surface area contributed by atoms with Gasteiger partial charge in [0.2, 0.25) is 0 Å². The van der Waals surface area contributed by atoms with Gasteiger partial charge in [0.25, 0.3) is 5.56 Å². The van der Waals surface area contributed by atoms with E-state index in [9.17, 15) is 14.9 Å². The predicted molar refractivity (Wildman–Crippen MR) is 95.7 cm³/mol. The Morgan fingerprint density at radius 1 is 1.32 bits per heavy atom. The number of methoxy groups -OCH3 is 1. The minimum Gasteiger partial charge on any atom is -0.497 e. The topological polar surface area (TPSA) is 81.3 Å². The molecule has 1 aromatic carbocycles. The number of benzene rings is 1. The van der Waals surface area contributed by atoms with Gasteiger partial charge < -0.3 is 9.47 Å². The standard InChI is InChI=1S/C18H18N2O4S/c1-4-20-16(21)15(10-12-6-8-13(23-3)9-7-12)25-17(20)14(11-19)18(22)24-5-2/h6-10H,4-5H2,1-3H3/b15-10-,17-14-. The first kappa shape index (κ1) is 18.5. The smallest absolute Gasteiger partial charge is 0.351 e. The lowest BCUT2D eigenvalue weighted by Gasteiger charge is -2.00. The Morgan fingerprint density at radius 3 is 2.52 bits per heavy atom. The molecule has 0 atom stereocenters. The lowest BCUT2D eigenvalue weighted by molar-refractivity contribution is -0.136. The van der Waals surface area contributed by atoms with Crippen molar-refractivity contribution in [1.29, 1.82) is 5.26 Å². The van der Waals surface area contributed by atoms with Gasteiger partial charge in [-0.05, 0) is 37.6 Å². The van der Waals surface area contributed by atoms with Crippen LogP contribution >= 0.6 is 11.3 Å². The lowest BCUT2D eigenvalue weighted by Crippen LogP contribution is -2.32. The van der Waals surface area contributed by atoms with Crippen LogP contribution in [0, 0.1) is 11.3 Å². The Kier molecular flexibility index (Phi) is 6.14. The molecule has 0 aliphatic carbocycles. The molecular formula is C18H18N2O4S. The number of esters is 1. The van der Waals surface area contributed by atoms with E-state index in [2.05, 4.69) is 0 Å². The van der Waals surface area contributed by atoms with Gasteiger partial charge in [0.1, 0.15) is 16.5 Å². The van der Waals surface area contributed by atoms with Crippen molar-refractivity contribution < 1.29 is 14.3 Å². The van der Waals surface area contributed by atoms with E-state index in [0.29, 0.717) is 15.7 Å². The molecule has 0 saturated carbocycles. The molecule has 0 aliphatic heterocycles. The lowest BCUT2D eigenvalue weighted by atomic mass is 10.2. The van der Waals surface area contributed by atoms with Crippen LogP contribution in [0.25, 0.3) is 11.6 Å². The van der Waals surface area contributed by atoms with Crippen LogP contribution in [-0.4, -0.2) is 24.3 Å². The molecule has 0 unspecified atom stereocenters. The van der Waals surface area contributed by atoms with E-state index in [1.165, 1.54) is 4.57 Å². The Balaban J connectivity index is 2.68. The van der Waals surface area contributed by atoms with Crippen molar-refractivity contribution in [2.24, 2.45) is 0 Å². The number of rotatable bonds is 5. The number of carbonyl (C=O) groups excluding carboxylic acids is 1. The van der Waals surface area contributed by atoms with Crippen molar-refractivity contribution in [2.75, 3.05) is 13.7 Å². The summed E-state index contributed by atoms with van der Waals surface area (Å²) >= 11 is 1.11. The minimum atomic E-state index is -0.718. The van der Waals surface area contributed by atoms with Gasteiger partial charge in [0, 0.05) is 6.54 Å². The Labute approximate surface area is 148 Å². The van der Waals surface area contributed by atoms with Crippen LogP contribution in [0.2, 0.25) is 0 Å². The SMILES string of the molecule is CCOC(=O)/C(C#N)=c1\s/c(=C\c2ccc(OC)cc2)c(=O)n1CC. The van der Waals surface area contributed by atoms with E-state index in [0.717, 1.165) is 22.6 Å². The van der Waals surface area contributed by atoms with Gasteiger partial charge in [-0.3, -0.25) is 9.36 Å². The summed E-state index contributed by atoms with van der Waals surface area (Å²) in [5.41, 5.74) is 0.430. The summed E-state index contributed by atoms with van der Waals surface area (Å²) in [7, 11) is 1.58. The second kappa shape index (κ2) is 8.31. The van der Waals surface area contributed by atoms with Crippen LogP contribution in [0.5, 0.6) is 5.75 Å². The number of nitrogens with zero attached hydrogens (tertiary/aromatic N) is 2. The zero-order valence-electron chi connectivity index (χ0n) is 14.2. The van der Waals surface area contributed by atoms with Gasteiger partial charge >= 0.3 is 5.97 Å². The Bertz CT molecular complexity index is 978. The highest BCUT2D eigenvalue weighted by atomic mass is 32.1. The molecule has 2 rings (SSSR count). The molecule has 0 amide bonds. The fraction of sp³-hybridized carbons (Fsp3) is 0.278. The van der Waals surface area contributed by atoms with Crippen molar-refractivity contribution in [3.05, 3.63) is 49.4 Å². The summed E-state index contributed by atoms with van der Waals surface area (Å²) in [5, 5.41) is 9.32.